The average molecular weight is 284 g/mol. The lowest BCUT2D eigenvalue weighted by atomic mass is 10.2. The number of hydrazine groups is 1. The SMILES string of the molecule is O=C(CSCC(O)CO)NNC(=O)c1ccccc1. The molecule has 0 aliphatic rings. The van der Waals surface area contributed by atoms with Crippen molar-refractivity contribution in [3.8, 4) is 0 Å². The smallest absolute Gasteiger partial charge is 0.269 e. The molecule has 19 heavy (non-hydrogen) atoms. The molecule has 1 unspecified atom stereocenters. The van der Waals surface area contributed by atoms with Crippen molar-refractivity contribution in [2.24, 2.45) is 0 Å². The van der Waals surface area contributed by atoms with Crippen molar-refractivity contribution in [2.45, 2.75) is 6.10 Å². The predicted molar refractivity (Wildman–Crippen MR) is 72.5 cm³/mol. The van der Waals surface area contributed by atoms with Crippen LogP contribution in [0.1, 0.15) is 10.4 Å². The van der Waals surface area contributed by atoms with E-state index < -0.39 is 12.0 Å². The van der Waals surface area contributed by atoms with Gasteiger partial charge in [-0.25, -0.2) is 0 Å². The molecule has 0 aromatic heterocycles. The molecule has 7 heteroatoms. The van der Waals surface area contributed by atoms with Gasteiger partial charge in [0.05, 0.1) is 18.5 Å². The topological polar surface area (TPSA) is 98.7 Å². The van der Waals surface area contributed by atoms with Gasteiger partial charge in [-0.05, 0) is 12.1 Å². The maximum atomic E-state index is 11.6. The third-order valence-electron chi connectivity index (χ3n) is 2.11. The molecule has 4 N–H and O–H groups in total. The molecule has 1 rings (SSSR count). The lowest BCUT2D eigenvalue weighted by Crippen LogP contribution is -2.42. The van der Waals surface area contributed by atoms with Gasteiger partial charge in [0.2, 0.25) is 5.91 Å². The van der Waals surface area contributed by atoms with Crippen LogP contribution in [0, 0.1) is 0 Å². The number of hydrogen-bond donors (Lipinski definition) is 4. The largest absolute Gasteiger partial charge is 0.394 e. The van der Waals surface area contributed by atoms with E-state index in [1.54, 1.807) is 30.3 Å². The second-order valence-corrected chi connectivity index (χ2v) is 4.75. The van der Waals surface area contributed by atoms with Gasteiger partial charge in [0.15, 0.2) is 0 Å². The van der Waals surface area contributed by atoms with Crippen molar-refractivity contribution in [1.82, 2.24) is 10.9 Å². The van der Waals surface area contributed by atoms with Crippen molar-refractivity contribution in [2.75, 3.05) is 18.1 Å². The quantitative estimate of drug-likeness (QED) is 0.530. The fraction of sp³-hybridized carbons (Fsp3) is 0.333. The number of nitrogens with one attached hydrogen (secondary N) is 2. The third kappa shape index (κ3) is 6.23. The molecule has 1 aromatic carbocycles. The molecule has 0 aliphatic heterocycles. The van der Waals surface area contributed by atoms with Gasteiger partial charge in [0.1, 0.15) is 0 Å². The zero-order valence-corrected chi connectivity index (χ0v) is 11.0. The number of carbonyl (C=O) groups excluding carboxylic acids is 2. The van der Waals surface area contributed by atoms with Crippen molar-refractivity contribution < 1.29 is 19.8 Å². The summed E-state index contributed by atoms with van der Waals surface area (Å²) in [5.74, 6) is -0.420. The molecule has 104 valence electrons. The molecule has 0 spiro atoms. The van der Waals surface area contributed by atoms with Gasteiger partial charge in [-0.15, -0.1) is 11.8 Å². The number of thioether (sulfide) groups is 1. The van der Waals surface area contributed by atoms with Crippen LogP contribution in [-0.2, 0) is 4.79 Å². The van der Waals surface area contributed by atoms with Gasteiger partial charge in [-0.2, -0.15) is 0 Å². The average Bonchev–Trinajstić information content (AvgIpc) is 2.45. The summed E-state index contributed by atoms with van der Waals surface area (Å²) in [7, 11) is 0. The standard InChI is InChI=1S/C12H16N2O4S/c15-6-10(16)7-19-8-11(17)13-14-12(18)9-4-2-1-3-5-9/h1-5,10,15-16H,6-8H2,(H,13,17)(H,14,18). The van der Waals surface area contributed by atoms with Gasteiger partial charge in [-0.3, -0.25) is 20.4 Å². The zero-order valence-electron chi connectivity index (χ0n) is 10.2. The number of benzene rings is 1. The summed E-state index contributed by atoms with van der Waals surface area (Å²) >= 11 is 1.17. The number of rotatable bonds is 6. The summed E-state index contributed by atoms with van der Waals surface area (Å²) in [4.78, 5) is 22.9. The van der Waals surface area contributed by atoms with Gasteiger partial charge in [-0.1, -0.05) is 18.2 Å². The number of hydrogen-bond acceptors (Lipinski definition) is 5. The highest BCUT2D eigenvalue weighted by molar-refractivity contribution is 7.99. The lowest BCUT2D eigenvalue weighted by molar-refractivity contribution is -0.119. The van der Waals surface area contributed by atoms with Crippen LogP contribution in [0.5, 0.6) is 0 Å². The van der Waals surface area contributed by atoms with Gasteiger partial charge in [0.25, 0.3) is 5.91 Å². The molecular weight excluding hydrogens is 268 g/mol. The summed E-state index contributed by atoms with van der Waals surface area (Å²) in [6.45, 7) is -0.334. The molecule has 0 radical (unpaired) electrons. The first kappa shape index (κ1) is 15.5. The van der Waals surface area contributed by atoms with Crippen LogP contribution in [0.4, 0.5) is 0 Å². The van der Waals surface area contributed by atoms with Crippen LogP contribution >= 0.6 is 11.8 Å². The molecule has 0 fully saturated rings. The minimum Gasteiger partial charge on any atom is -0.394 e. The summed E-state index contributed by atoms with van der Waals surface area (Å²) < 4.78 is 0. The highest BCUT2D eigenvalue weighted by Gasteiger charge is 2.08. The van der Waals surface area contributed by atoms with E-state index in [2.05, 4.69) is 10.9 Å². The van der Waals surface area contributed by atoms with Crippen molar-refractivity contribution in [3.63, 3.8) is 0 Å². The van der Waals surface area contributed by atoms with Crippen molar-refractivity contribution in [1.29, 1.82) is 0 Å². The van der Waals surface area contributed by atoms with Crippen molar-refractivity contribution >= 4 is 23.6 Å². The van der Waals surface area contributed by atoms with Crippen molar-refractivity contribution in [3.05, 3.63) is 35.9 Å². The van der Waals surface area contributed by atoms with Crippen LogP contribution in [-0.4, -0.2) is 46.2 Å². The van der Waals surface area contributed by atoms with E-state index in [9.17, 15) is 9.59 Å². The highest BCUT2D eigenvalue weighted by atomic mass is 32.2. The van der Waals surface area contributed by atoms with Crippen LogP contribution in [0.3, 0.4) is 0 Å². The first-order valence-electron chi connectivity index (χ1n) is 5.64. The molecule has 0 aliphatic carbocycles. The van der Waals surface area contributed by atoms with Crippen LogP contribution < -0.4 is 10.9 Å². The Labute approximate surface area is 115 Å². The molecule has 0 heterocycles. The Hall–Kier alpha value is -1.57. The molecule has 6 nitrogen and oxygen atoms in total. The van der Waals surface area contributed by atoms with E-state index in [4.69, 9.17) is 10.2 Å². The number of carbonyl (C=O) groups is 2. The predicted octanol–water partition coefficient (Wildman–Crippen LogP) is -0.466. The minimum atomic E-state index is -0.836. The van der Waals surface area contributed by atoms with E-state index in [0.717, 1.165) is 0 Å². The minimum absolute atomic E-state index is 0.0894. The lowest BCUT2D eigenvalue weighted by Gasteiger charge is -2.08. The molecule has 2 amide bonds. The first-order valence-corrected chi connectivity index (χ1v) is 6.80. The van der Waals surface area contributed by atoms with Gasteiger partial charge < -0.3 is 10.2 Å². The highest BCUT2D eigenvalue weighted by Crippen LogP contribution is 2.02. The second-order valence-electron chi connectivity index (χ2n) is 3.72. The first-order chi connectivity index (χ1) is 9.13. The monoisotopic (exact) mass is 284 g/mol. The fourth-order valence-corrected chi connectivity index (χ4v) is 1.92. The Kier molecular flexibility index (Phi) is 6.94. The summed E-state index contributed by atoms with van der Waals surface area (Å²) in [6.07, 6.45) is -0.836. The number of amides is 2. The molecule has 1 atom stereocenters. The van der Waals surface area contributed by atoms with Crippen LogP contribution in [0.2, 0.25) is 0 Å². The number of aliphatic hydroxyl groups is 2. The van der Waals surface area contributed by atoms with E-state index in [0.29, 0.717) is 5.56 Å². The van der Waals surface area contributed by atoms with Gasteiger partial charge >= 0.3 is 0 Å². The van der Waals surface area contributed by atoms with Gasteiger partial charge in [0, 0.05) is 11.3 Å². The third-order valence-corrected chi connectivity index (χ3v) is 3.19. The summed E-state index contributed by atoms with van der Waals surface area (Å²) in [6, 6.07) is 8.51. The summed E-state index contributed by atoms with van der Waals surface area (Å²) in [5.41, 5.74) is 5.01. The Morgan fingerprint density at radius 3 is 2.53 bits per heavy atom. The molecule has 0 saturated heterocycles. The van der Waals surface area contributed by atoms with E-state index in [1.165, 1.54) is 11.8 Å². The Morgan fingerprint density at radius 1 is 1.21 bits per heavy atom. The van der Waals surface area contributed by atoms with E-state index in [1.807, 2.05) is 0 Å². The van der Waals surface area contributed by atoms with Crippen LogP contribution in [0.25, 0.3) is 0 Å². The van der Waals surface area contributed by atoms with E-state index >= 15 is 0 Å². The molecular formula is C12H16N2O4S. The fourth-order valence-electron chi connectivity index (χ4n) is 1.16. The Bertz CT molecular complexity index is 413. The molecule has 1 aromatic rings. The Morgan fingerprint density at radius 2 is 1.89 bits per heavy atom. The maximum Gasteiger partial charge on any atom is 0.269 e. The Balaban J connectivity index is 2.22. The van der Waals surface area contributed by atoms with E-state index in [-0.39, 0.29) is 24.0 Å². The number of aliphatic hydroxyl groups excluding tert-OH is 2. The molecule has 0 saturated carbocycles. The normalized spacial score (nSPS) is 11.7. The van der Waals surface area contributed by atoms with Crippen LogP contribution in [0.15, 0.2) is 30.3 Å². The summed E-state index contributed by atoms with van der Waals surface area (Å²) in [5, 5.41) is 17.6. The second kappa shape index (κ2) is 8.52. The molecule has 0 bridgehead atoms. The maximum absolute atomic E-state index is 11.6. The zero-order chi connectivity index (χ0) is 14.1.